The SMILES string of the molecule is O=C(NN1C(=O)/C(=C\c2cccc(F)c2)SC1=S)c1ccccc1Cl. The van der Waals surface area contributed by atoms with Gasteiger partial charge < -0.3 is 0 Å². The fourth-order valence-electron chi connectivity index (χ4n) is 2.12. The first-order valence-corrected chi connectivity index (χ1v) is 8.65. The Bertz CT molecular complexity index is 917. The Kier molecular flexibility index (Phi) is 5.17. The van der Waals surface area contributed by atoms with E-state index in [0.717, 1.165) is 16.8 Å². The minimum Gasteiger partial charge on any atom is -0.267 e. The molecule has 0 atom stereocenters. The summed E-state index contributed by atoms with van der Waals surface area (Å²) >= 11 is 12.1. The first-order chi connectivity index (χ1) is 12.0. The molecule has 1 heterocycles. The molecule has 2 aromatic carbocycles. The summed E-state index contributed by atoms with van der Waals surface area (Å²) in [7, 11) is 0. The smallest absolute Gasteiger partial charge is 0.267 e. The van der Waals surface area contributed by atoms with Gasteiger partial charge in [-0.25, -0.2) is 4.39 Å². The number of nitrogens with one attached hydrogen (secondary N) is 1. The van der Waals surface area contributed by atoms with Gasteiger partial charge in [-0.1, -0.05) is 47.6 Å². The lowest BCUT2D eigenvalue weighted by Crippen LogP contribution is -2.44. The van der Waals surface area contributed by atoms with Crippen LogP contribution in [0.15, 0.2) is 53.4 Å². The van der Waals surface area contributed by atoms with Gasteiger partial charge in [0.2, 0.25) is 0 Å². The maximum absolute atomic E-state index is 13.3. The number of thioether (sulfide) groups is 1. The minimum absolute atomic E-state index is 0.174. The van der Waals surface area contributed by atoms with Crippen molar-refractivity contribution in [2.24, 2.45) is 0 Å². The number of hydrogen-bond acceptors (Lipinski definition) is 4. The Hall–Kier alpha value is -2.22. The maximum atomic E-state index is 13.3. The van der Waals surface area contributed by atoms with Gasteiger partial charge in [0.05, 0.1) is 15.5 Å². The van der Waals surface area contributed by atoms with E-state index < -0.39 is 17.6 Å². The standard InChI is InChI=1S/C17H10ClFN2O2S2/c18-13-7-2-1-6-12(13)15(22)20-21-16(23)14(25-17(21)24)9-10-4-3-5-11(19)8-10/h1-9H,(H,20,22)/b14-9+. The molecule has 0 radical (unpaired) electrons. The zero-order valence-corrected chi connectivity index (χ0v) is 14.9. The highest BCUT2D eigenvalue weighted by atomic mass is 35.5. The molecule has 1 saturated heterocycles. The number of thiocarbonyl (C=S) groups is 1. The largest absolute Gasteiger partial charge is 0.285 e. The summed E-state index contributed by atoms with van der Waals surface area (Å²) in [5, 5.41) is 1.25. The molecular formula is C17H10ClFN2O2S2. The summed E-state index contributed by atoms with van der Waals surface area (Å²) in [6.07, 6.45) is 1.52. The topological polar surface area (TPSA) is 49.4 Å². The zero-order valence-electron chi connectivity index (χ0n) is 12.5. The first kappa shape index (κ1) is 17.6. The van der Waals surface area contributed by atoms with Gasteiger partial charge in [-0.2, -0.15) is 5.01 Å². The quantitative estimate of drug-likeness (QED) is 0.633. The van der Waals surface area contributed by atoms with Crippen LogP contribution in [0.1, 0.15) is 15.9 Å². The number of halogens is 2. The number of rotatable bonds is 3. The number of carbonyl (C=O) groups is 2. The van der Waals surface area contributed by atoms with Crippen LogP contribution in [0.4, 0.5) is 4.39 Å². The van der Waals surface area contributed by atoms with Gasteiger partial charge in [0.25, 0.3) is 11.8 Å². The number of carbonyl (C=O) groups excluding carboxylic acids is 2. The lowest BCUT2D eigenvalue weighted by atomic mass is 10.2. The van der Waals surface area contributed by atoms with E-state index in [4.69, 9.17) is 23.8 Å². The predicted molar refractivity (Wildman–Crippen MR) is 100 cm³/mol. The van der Waals surface area contributed by atoms with Gasteiger partial charge in [0.1, 0.15) is 5.82 Å². The average Bonchev–Trinajstić information content (AvgIpc) is 2.83. The second-order valence-electron chi connectivity index (χ2n) is 4.99. The molecule has 0 unspecified atom stereocenters. The van der Waals surface area contributed by atoms with Crippen LogP contribution >= 0.6 is 35.6 Å². The van der Waals surface area contributed by atoms with Crippen LogP contribution in [-0.4, -0.2) is 21.1 Å². The van der Waals surface area contributed by atoms with E-state index in [1.807, 2.05) is 0 Å². The van der Waals surface area contributed by atoms with Gasteiger partial charge in [0, 0.05) is 0 Å². The van der Waals surface area contributed by atoms with E-state index in [1.165, 1.54) is 24.3 Å². The van der Waals surface area contributed by atoms with Crippen LogP contribution in [0, 0.1) is 5.82 Å². The van der Waals surface area contributed by atoms with Crippen molar-refractivity contribution in [3.8, 4) is 0 Å². The van der Waals surface area contributed by atoms with Crippen molar-refractivity contribution in [2.45, 2.75) is 0 Å². The highest BCUT2D eigenvalue weighted by molar-refractivity contribution is 8.26. The molecule has 0 spiro atoms. The van der Waals surface area contributed by atoms with Crippen molar-refractivity contribution < 1.29 is 14.0 Å². The number of hydrogen-bond donors (Lipinski definition) is 1. The van der Waals surface area contributed by atoms with Crippen molar-refractivity contribution >= 4 is 57.8 Å². The molecule has 0 aliphatic carbocycles. The van der Waals surface area contributed by atoms with Gasteiger partial charge in [-0.15, -0.1) is 0 Å². The van der Waals surface area contributed by atoms with Crippen molar-refractivity contribution in [2.75, 3.05) is 0 Å². The van der Waals surface area contributed by atoms with E-state index >= 15 is 0 Å². The molecule has 1 N–H and O–H groups in total. The predicted octanol–water partition coefficient (Wildman–Crippen LogP) is 4.03. The van der Waals surface area contributed by atoms with Gasteiger partial charge in [0.15, 0.2) is 4.32 Å². The molecule has 8 heteroatoms. The minimum atomic E-state index is -0.547. The highest BCUT2D eigenvalue weighted by Crippen LogP contribution is 2.31. The summed E-state index contributed by atoms with van der Waals surface area (Å²) in [4.78, 5) is 25.0. The van der Waals surface area contributed by atoms with E-state index in [1.54, 1.807) is 30.3 Å². The number of hydrazine groups is 1. The van der Waals surface area contributed by atoms with Gasteiger partial charge in [-0.3, -0.25) is 15.0 Å². The Balaban J connectivity index is 1.80. The zero-order chi connectivity index (χ0) is 18.0. The highest BCUT2D eigenvalue weighted by Gasteiger charge is 2.34. The van der Waals surface area contributed by atoms with Crippen LogP contribution in [0.2, 0.25) is 5.02 Å². The number of nitrogens with zero attached hydrogens (tertiary/aromatic N) is 1. The van der Waals surface area contributed by atoms with Crippen LogP contribution in [0.3, 0.4) is 0 Å². The van der Waals surface area contributed by atoms with E-state index in [-0.39, 0.29) is 19.8 Å². The Morgan fingerprint density at radius 3 is 2.72 bits per heavy atom. The Morgan fingerprint density at radius 1 is 1.24 bits per heavy atom. The molecule has 1 fully saturated rings. The molecule has 25 heavy (non-hydrogen) atoms. The summed E-state index contributed by atoms with van der Waals surface area (Å²) in [5.74, 6) is -1.44. The third-order valence-electron chi connectivity index (χ3n) is 3.27. The molecule has 0 aromatic heterocycles. The molecular weight excluding hydrogens is 383 g/mol. The lowest BCUT2D eigenvalue weighted by molar-refractivity contribution is -0.123. The molecule has 126 valence electrons. The molecule has 1 aliphatic heterocycles. The first-order valence-electron chi connectivity index (χ1n) is 7.05. The van der Waals surface area contributed by atoms with Crippen molar-refractivity contribution in [1.82, 2.24) is 10.4 Å². The summed E-state index contributed by atoms with van der Waals surface area (Å²) in [6.45, 7) is 0. The molecule has 2 amide bonds. The Labute approximate surface area is 157 Å². The number of benzene rings is 2. The second-order valence-corrected chi connectivity index (χ2v) is 7.08. The monoisotopic (exact) mass is 392 g/mol. The van der Waals surface area contributed by atoms with Gasteiger partial charge >= 0.3 is 0 Å². The maximum Gasteiger partial charge on any atom is 0.285 e. The molecule has 0 bridgehead atoms. The van der Waals surface area contributed by atoms with Crippen LogP contribution in [0.5, 0.6) is 0 Å². The van der Waals surface area contributed by atoms with Crippen LogP contribution in [-0.2, 0) is 4.79 Å². The van der Waals surface area contributed by atoms with Crippen molar-refractivity contribution in [3.63, 3.8) is 0 Å². The number of amides is 2. The summed E-state index contributed by atoms with van der Waals surface area (Å²) in [5.41, 5.74) is 3.20. The molecule has 4 nitrogen and oxygen atoms in total. The van der Waals surface area contributed by atoms with Crippen molar-refractivity contribution in [3.05, 3.63) is 75.4 Å². The average molecular weight is 393 g/mol. The lowest BCUT2D eigenvalue weighted by Gasteiger charge is -2.16. The van der Waals surface area contributed by atoms with Crippen LogP contribution < -0.4 is 5.43 Å². The molecule has 3 rings (SSSR count). The Morgan fingerprint density at radius 2 is 2.00 bits per heavy atom. The molecule has 2 aromatic rings. The van der Waals surface area contributed by atoms with Crippen molar-refractivity contribution in [1.29, 1.82) is 0 Å². The summed E-state index contributed by atoms with van der Waals surface area (Å²) < 4.78 is 13.4. The molecule has 0 saturated carbocycles. The fraction of sp³-hybridized carbons (Fsp3) is 0. The third kappa shape index (κ3) is 3.89. The normalized spacial score (nSPS) is 15.8. The van der Waals surface area contributed by atoms with E-state index in [2.05, 4.69) is 5.43 Å². The van der Waals surface area contributed by atoms with Crippen LogP contribution in [0.25, 0.3) is 6.08 Å². The van der Waals surface area contributed by atoms with E-state index in [9.17, 15) is 14.0 Å². The molecule has 1 aliphatic rings. The third-order valence-corrected chi connectivity index (χ3v) is 4.90. The summed E-state index contributed by atoms with van der Waals surface area (Å²) in [6, 6.07) is 12.3. The second kappa shape index (κ2) is 7.35. The van der Waals surface area contributed by atoms with E-state index in [0.29, 0.717) is 5.56 Å². The fourth-order valence-corrected chi connectivity index (χ4v) is 3.52. The van der Waals surface area contributed by atoms with Gasteiger partial charge in [-0.05, 0) is 48.1 Å².